The number of fused-ring (bicyclic) bond motifs is 3. The van der Waals surface area contributed by atoms with Crippen molar-refractivity contribution >= 4 is 18.1 Å². The molecule has 2 amide bonds. The molecule has 42 heavy (non-hydrogen) atoms. The number of aldehydes is 1. The zero-order valence-electron chi connectivity index (χ0n) is 24.5. The van der Waals surface area contributed by atoms with Crippen molar-refractivity contribution in [1.29, 1.82) is 0 Å². The molecule has 1 heterocycles. The number of nitrogens with zero attached hydrogens (tertiary/aromatic N) is 1. The highest BCUT2D eigenvalue weighted by Gasteiger charge is 2.55. The first-order valence-electron chi connectivity index (χ1n) is 15.4. The predicted molar refractivity (Wildman–Crippen MR) is 155 cm³/mol. The number of rotatable bonds is 10. The average Bonchev–Trinajstić information content (AvgIpc) is 3.36. The minimum atomic E-state index is -1.13. The molecule has 4 atom stereocenters. The number of carbonyl (C=O) groups excluding carboxylic acids is 3. The topological polar surface area (TPSA) is 125 Å². The lowest BCUT2D eigenvalue weighted by molar-refractivity contribution is -0.140. The molecule has 1 aromatic carbocycles. The molecule has 7 rings (SSSR count). The van der Waals surface area contributed by atoms with Gasteiger partial charge in [0.05, 0.1) is 25.7 Å². The summed E-state index contributed by atoms with van der Waals surface area (Å²) in [5.41, 5.74) is 1.30. The van der Waals surface area contributed by atoms with Crippen LogP contribution in [0.15, 0.2) is 35.9 Å². The summed E-state index contributed by atoms with van der Waals surface area (Å²) >= 11 is 0. The van der Waals surface area contributed by atoms with Gasteiger partial charge in [-0.25, -0.2) is 0 Å². The first-order chi connectivity index (χ1) is 20.3. The first kappa shape index (κ1) is 28.9. The van der Waals surface area contributed by atoms with Crippen molar-refractivity contribution < 1.29 is 34.1 Å². The number of amides is 2. The van der Waals surface area contributed by atoms with Crippen molar-refractivity contribution in [2.45, 2.75) is 76.0 Å². The average molecular weight is 579 g/mol. The molecule has 3 N–H and O–H groups in total. The van der Waals surface area contributed by atoms with E-state index in [-0.39, 0.29) is 24.5 Å². The maximum atomic E-state index is 13.9. The SMILES string of the molecule is CCC=CC(=O)N(CC12CC3CC(CC(C3)C1)C2)C1C=C(C(=O)NCCO)C2c3cc(C=O)cc(OC)c3OC2C1O. The lowest BCUT2D eigenvalue weighted by Crippen LogP contribution is -2.59. The van der Waals surface area contributed by atoms with E-state index >= 15 is 0 Å². The molecule has 0 aromatic heterocycles. The monoisotopic (exact) mass is 578 g/mol. The van der Waals surface area contributed by atoms with Gasteiger partial charge in [0.1, 0.15) is 18.5 Å². The molecule has 1 aliphatic heterocycles. The Morgan fingerprint density at radius 2 is 1.86 bits per heavy atom. The van der Waals surface area contributed by atoms with Crippen LogP contribution in [0.1, 0.15) is 73.7 Å². The number of nitrogens with one attached hydrogen (secondary N) is 1. The number of aliphatic hydroxyl groups is 2. The fraction of sp³-hybridized carbons (Fsp3) is 0.606. The van der Waals surface area contributed by atoms with Crippen molar-refractivity contribution in [3.05, 3.63) is 47.1 Å². The minimum Gasteiger partial charge on any atom is -0.493 e. The Morgan fingerprint density at radius 3 is 2.45 bits per heavy atom. The molecule has 0 spiro atoms. The van der Waals surface area contributed by atoms with Crippen molar-refractivity contribution in [3.63, 3.8) is 0 Å². The lowest BCUT2D eigenvalue weighted by atomic mass is 9.49. The Balaban J connectivity index is 1.42. The fourth-order valence-corrected chi connectivity index (χ4v) is 9.05. The van der Waals surface area contributed by atoms with E-state index in [1.807, 2.05) is 13.0 Å². The van der Waals surface area contributed by atoms with E-state index in [2.05, 4.69) is 5.32 Å². The third kappa shape index (κ3) is 5.04. The molecule has 9 heteroatoms. The molecule has 226 valence electrons. The van der Waals surface area contributed by atoms with E-state index in [0.717, 1.165) is 19.3 Å². The van der Waals surface area contributed by atoms with Crippen LogP contribution in [0.25, 0.3) is 0 Å². The van der Waals surface area contributed by atoms with Gasteiger partial charge in [0.15, 0.2) is 11.5 Å². The highest BCUT2D eigenvalue weighted by molar-refractivity contribution is 5.97. The van der Waals surface area contributed by atoms with Gasteiger partial charge in [0.2, 0.25) is 11.8 Å². The van der Waals surface area contributed by atoms with Crippen LogP contribution in [0.2, 0.25) is 0 Å². The Labute approximate surface area is 246 Å². The molecule has 5 aliphatic carbocycles. The van der Waals surface area contributed by atoms with Gasteiger partial charge in [-0.1, -0.05) is 13.0 Å². The van der Waals surface area contributed by atoms with E-state index in [4.69, 9.17) is 9.47 Å². The number of benzene rings is 1. The number of methoxy groups -OCH3 is 1. The van der Waals surface area contributed by atoms with Crippen molar-refractivity contribution in [2.75, 3.05) is 26.8 Å². The Morgan fingerprint density at radius 1 is 1.17 bits per heavy atom. The summed E-state index contributed by atoms with van der Waals surface area (Å²) in [6, 6.07) is 2.44. The van der Waals surface area contributed by atoms with Gasteiger partial charge in [0.25, 0.3) is 0 Å². The Hall–Kier alpha value is -3.17. The number of aliphatic hydroxyl groups excluding tert-OH is 2. The maximum Gasteiger partial charge on any atom is 0.247 e. The molecule has 9 nitrogen and oxygen atoms in total. The molecule has 0 saturated heterocycles. The van der Waals surface area contributed by atoms with E-state index in [1.54, 1.807) is 29.2 Å². The summed E-state index contributed by atoms with van der Waals surface area (Å²) < 4.78 is 11.9. The van der Waals surface area contributed by atoms with Gasteiger partial charge >= 0.3 is 0 Å². The van der Waals surface area contributed by atoms with Crippen LogP contribution >= 0.6 is 0 Å². The third-order valence-corrected chi connectivity index (χ3v) is 10.2. The van der Waals surface area contributed by atoms with Crippen LogP contribution in [-0.2, 0) is 9.59 Å². The number of allylic oxidation sites excluding steroid dienone is 1. The number of carbonyl (C=O) groups is 3. The summed E-state index contributed by atoms with van der Waals surface area (Å²) in [7, 11) is 1.48. The second-order valence-electron chi connectivity index (χ2n) is 13.1. The summed E-state index contributed by atoms with van der Waals surface area (Å²) in [6.45, 7) is 2.33. The van der Waals surface area contributed by atoms with Gasteiger partial charge in [-0.3, -0.25) is 14.4 Å². The van der Waals surface area contributed by atoms with Crippen molar-refractivity contribution in [1.82, 2.24) is 10.2 Å². The van der Waals surface area contributed by atoms with Crippen LogP contribution in [0.3, 0.4) is 0 Å². The molecule has 4 fully saturated rings. The summed E-state index contributed by atoms with van der Waals surface area (Å²) in [5.74, 6) is 1.54. The Kier molecular flexibility index (Phi) is 7.91. The van der Waals surface area contributed by atoms with E-state index in [1.165, 1.54) is 26.4 Å². The van der Waals surface area contributed by atoms with E-state index in [9.17, 15) is 24.6 Å². The van der Waals surface area contributed by atoms with Crippen LogP contribution in [0, 0.1) is 23.2 Å². The second-order valence-corrected chi connectivity index (χ2v) is 13.1. The molecule has 4 saturated carbocycles. The quantitative estimate of drug-likeness (QED) is 0.288. The van der Waals surface area contributed by atoms with Crippen LogP contribution in [-0.4, -0.2) is 78.3 Å². The summed E-state index contributed by atoms with van der Waals surface area (Å²) in [4.78, 5) is 41.0. The Bertz CT molecular complexity index is 1270. The number of hydrogen-bond donors (Lipinski definition) is 3. The largest absolute Gasteiger partial charge is 0.493 e. The lowest BCUT2D eigenvalue weighted by Gasteiger charge is -2.58. The predicted octanol–water partition coefficient (Wildman–Crippen LogP) is 3.14. The van der Waals surface area contributed by atoms with Gasteiger partial charge in [-0.2, -0.15) is 0 Å². The molecule has 1 aromatic rings. The molecule has 4 unspecified atom stereocenters. The smallest absolute Gasteiger partial charge is 0.247 e. The maximum absolute atomic E-state index is 13.9. The van der Waals surface area contributed by atoms with Crippen molar-refractivity contribution in [3.8, 4) is 11.5 Å². The zero-order valence-corrected chi connectivity index (χ0v) is 24.5. The highest BCUT2D eigenvalue weighted by atomic mass is 16.5. The molecular weight excluding hydrogens is 536 g/mol. The number of hydrogen-bond acceptors (Lipinski definition) is 7. The summed E-state index contributed by atoms with van der Waals surface area (Å²) in [5, 5.41) is 24.1. The fourth-order valence-electron chi connectivity index (χ4n) is 9.05. The summed E-state index contributed by atoms with van der Waals surface area (Å²) in [6.07, 6.45) is 11.7. The molecular formula is C33H42N2O7. The van der Waals surface area contributed by atoms with E-state index < -0.39 is 30.1 Å². The highest BCUT2D eigenvalue weighted by Crippen LogP contribution is 2.60. The molecule has 0 radical (unpaired) electrons. The standard InChI is InChI=1S/C33H42N2O7/c1-3-4-5-27(38)35(18-33-14-19-8-20(15-33)10-21(9-19)16-33)25-13-24(32(40)34-6-7-36)28-23-11-22(17-37)12-26(41-2)30(23)42-31(28)29(25)39/h4-5,11-13,17,19-21,25,28-29,31,36,39H,3,6-10,14-16,18H2,1-2H3,(H,34,40). The van der Waals surface area contributed by atoms with Crippen LogP contribution in [0.5, 0.6) is 11.5 Å². The van der Waals surface area contributed by atoms with Gasteiger partial charge < -0.3 is 29.9 Å². The van der Waals surface area contributed by atoms with Gasteiger partial charge in [0, 0.05) is 29.8 Å². The number of ether oxygens (including phenoxy) is 2. The zero-order chi connectivity index (χ0) is 29.6. The normalized spacial score (nSPS) is 33.9. The molecule has 6 aliphatic rings. The molecule has 4 bridgehead atoms. The van der Waals surface area contributed by atoms with Crippen molar-refractivity contribution in [2.24, 2.45) is 23.2 Å². The van der Waals surface area contributed by atoms with E-state index in [0.29, 0.717) is 65.2 Å². The second kappa shape index (κ2) is 11.5. The van der Waals surface area contributed by atoms with Crippen LogP contribution in [0.4, 0.5) is 0 Å². The van der Waals surface area contributed by atoms with Gasteiger partial charge in [-0.05, 0) is 92.4 Å². The van der Waals surface area contributed by atoms with Gasteiger partial charge in [-0.15, -0.1) is 0 Å². The first-order valence-corrected chi connectivity index (χ1v) is 15.4. The van der Waals surface area contributed by atoms with Crippen LogP contribution < -0.4 is 14.8 Å². The third-order valence-electron chi connectivity index (χ3n) is 10.2. The minimum absolute atomic E-state index is 0.00968.